The zero-order chi connectivity index (χ0) is 22.1. The van der Waals surface area contributed by atoms with Crippen molar-refractivity contribution in [1.82, 2.24) is 10.7 Å². The predicted octanol–water partition coefficient (Wildman–Crippen LogP) is 3.92. The number of hydrazone groups is 1. The Labute approximate surface area is 188 Å². The van der Waals surface area contributed by atoms with E-state index in [4.69, 9.17) is 12.2 Å². The molecule has 6 nitrogen and oxygen atoms in total. The van der Waals surface area contributed by atoms with Gasteiger partial charge in [0.1, 0.15) is 0 Å². The topological polar surface area (TPSA) is 82.6 Å². The molecular formula is C23H24N4O2S2. The van der Waals surface area contributed by atoms with Crippen LogP contribution in [-0.4, -0.2) is 25.8 Å². The molecule has 0 spiro atoms. The molecule has 0 aliphatic heterocycles. The van der Waals surface area contributed by atoms with E-state index in [0.29, 0.717) is 23.1 Å². The molecule has 0 fully saturated rings. The van der Waals surface area contributed by atoms with Crippen LogP contribution in [0.4, 0.5) is 5.69 Å². The minimum absolute atomic E-state index is 0.180. The van der Waals surface area contributed by atoms with Crippen LogP contribution in [0.15, 0.2) is 94.9 Å². The van der Waals surface area contributed by atoms with Gasteiger partial charge in [0, 0.05) is 12.2 Å². The van der Waals surface area contributed by atoms with Crippen LogP contribution in [-0.2, 0) is 16.4 Å². The molecule has 8 heteroatoms. The van der Waals surface area contributed by atoms with E-state index in [2.05, 4.69) is 32.7 Å². The summed E-state index contributed by atoms with van der Waals surface area (Å²) in [6, 6.07) is 25.4. The number of thiocarbonyl (C=S) groups is 1. The first-order chi connectivity index (χ1) is 14.9. The van der Waals surface area contributed by atoms with Gasteiger partial charge in [-0.2, -0.15) is 5.10 Å². The molecule has 0 amide bonds. The highest BCUT2D eigenvalue weighted by Crippen LogP contribution is 2.16. The van der Waals surface area contributed by atoms with E-state index in [1.165, 1.54) is 5.56 Å². The third-order valence-electron chi connectivity index (χ3n) is 4.48. The average molecular weight is 453 g/mol. The molecule has 0 saturated heterocycles. The second kappa shape index (κ2) is 10.7. The highest BCUT2D eigenvalue weighted by atomic mass is 32.2. The molecule has 0 aliphatic carbocycles. The van der Waals surface area contributed by atoms with Crippen LogP contribution >= 0.6 is 12.2 Å². The first-order valence-corrected chi connectivity index (χ1v) is 11.6. The Morgan fingerprint density at radius 1 is 0.903 bits per heavy atom. The van der Waals surface area contributed by atoms with Crippen LogP contribution in [0, 0.1) is 0 Å². The minimum atomic E-state index is -3.65. The van der Waals surface area contributed by atoms with Crippen molar-refractivity contribution >= 4 is 38.8 Å². The van der Waals surface area contributed by atoms with Gasteiger partial charge in [-0.1, -0.05) is 60.7 Å². The Hall–Kier alpha value is -3.23. The average Bonchev–Trinajstić information content (AvgIpc) is 2.79. The zero-order valence-corrected chi connectivity index (χ0v) is 18.7. The van der Waals surface area contributed by atoms with E-state index >= 15 is 0 Å². The lowest BCUT2D eigenvalue weighted by atomic mass is 10.1. The largest absolute Gasteiger partial charge is 0.361 e. The molecule has 3 aromatic carbocycles. The maximum Gasteiger partial charge on any atom is 0.261 e. The number of nitrogens with one attached hydrogen (secondary N) is 3. The van der Waals surface area contributed by atoms with Crippen molar-refractivity contribution in [3.63, 3.8) is 0 Å². The van der Waals surface area contributed by atoms with Gasteiger partial charge in [-0.3, -0.25) is 10.1 Å². The highest BCUT2D eigenvalue weighted by Gasteiger charge is 2.14. The number of sulfonamides is 1. The molecule has 3 rings (SSSR count). The van der Waals surface area contributed by atoms with E-state index in [1.54, 1.807) is 48.5 Å². The predicted molar refractivity (Wildman–Crippen MR) is 130 cm³/mol. The lowest BCUT2D eigenvalue weighted by Crippen LogP contribution is -2.33. The van der Waals surface area contributed by atoms with E-state index in [-0.39, 0.29) is 4.90 Å². The Bertz CT molecular complexity index is 1130. The molecule has 3 aromatic rings. The molecule has 0 aromatic heterocycles. The van der Waals surface area contributed by atoms with Crippen molar-refractivity contribution < 1.29 is 8.42 Å². The lowest BCUT2D eigenvalue weighted by Gasteiger charge is -2.10. The molecule has 0 heterocycles. The Morgan fingerprint density at radius 2 is 1.52 bits per heavy atom. The summed E-state index contributed by atoms with van der Waals surface area (Å²) in [4.78, 5) is 0.180. The third-order valence-corrected chi connectivity index (χ3v) is 6.11. The molecule has 31 heavy (non-hydrogen) atoms. The molecule has 0 atom stereocenters. The van der Waals surface area contributed by atoms with Crippen molar-refractivity contribution in [2.75, 3.05) is 11.3 Å². The second-order valence-electron chi connectivity index (χ2n) is 6.80. The summed E-state index contributed by atoms with van der Waals surface area (Å²) in [5, 5.41) is 7.83. The van der Waals surface area contributed by atoms with Gasteiger partial charge in [0.15, 0.2) is 5.11 Å². The quantitative estimate of drug-likeness (QED) is 0.274. The summed E-state index contributed by atoms with van der Waals surface area (Å²) in [5.41, 5.74) is 6.05. The first-order valence-electron chi connectivity index (χ1n) is 9.74. The van der Waals surface area contributed by atoms with Crippen LogP contribution in [0.5, 0.6) is 0 Å². The van der Waals surface area contributed by atoms with Gasteiger partial charge in [0.05, 0.1) is 10.6 Å². The smallest absolute Gasteiger partial charge is 0.261 e. The number of anilines is 1. The fourth-order valence-electron chi connectivity index (χ4n) is 2.80. The SMILES string of the molecule is CC(=NNC(=S)NCCc1ccccc1)c1ccc(S(=O)(=O)Nc2ccccc2)cc1. The van der Waals surface area contributed by atoms with Crippen molar-refractivity contribution in [3.05, 3.63) is 96.1 Å². The van der Waals surface area contributed by atoms with Crippen LogP contribution in [0.3, 0.4) is 0 Å². The summed E-state index contributed by atoms with van der Waals surface area (Å²) in [6.07, 6.45) is 0.859. The normalized spacial score (nSPS) is 11.6. The van der Waals surface area contributed by atoms with Crippen LogP contribution < -0.4 is 15.5 Å². The molecule has 0 unspecified atom stereocenters. The van der Waals surface area contributed by atoms with E-state index < -0.39 is 10.0 Å². The van der Waals surface area contributed by atoms with Gasteiger partial charge in [0.2, 0.25) is 0 Å². The van der Waals surface area contributed by atoms with E-state index in [9.17, 15) is 8.42 Å². The lowest BCUT2D eigenvalue weighted by molar-refractivity contribution is 0.601. The van der Waals surface area contributed by atoms with Crippen molar-refractivity contribution in [1.29, 1.82) is 0 Å². The van der Waals surface area contributed by atoms with Gasteiger partial charge in [0.25, 0.3) is 10.0 Å². The number of nitrogens with zero attached hydrogens (tertiary/aromatic N) is 1. The number of hydrogen-bond acceptors (Lipinski definition) is 4. The van der Waals surface area contributed by atoms with Crippen molar-refractivity contribution in [3.8, 4) is 0 Å². The third kappa shape index (κ3) is 6.91. The monoisotopic (exact) mass is 452 g/mol. The molecular weight excluding hydrogens is 428 g/mol. The first kappa shape index (κ1) is 22.5. The molecule has 0 aliphatic rings. The van der Waals surface area contributed by atoms with Crippen molar-refractivity contribution in [2.45, 2.75) is 18.2 Å². The number of hydrogen-bond donors (Lipinski definition) is 3. The number of para-hydroxylation sites is 1. The highest BCUT2D eigenvalue weighted by molar-refractivity contribution is 7.92. The summed E-state index contributed by atoms with van der Waals surface area (Å²) in [6.45, 7) is 2.52. The summed E-state index contributed by atoms with van der Waals surface area (Å²) >= 11 is 5.25. The summed E-state index contributed by atoms with van der Waals surface area (Å²) < 4.78 is 27.6. The van der Waals surface area contributed by atoms with Gasteiger partial charge in [-0.15, -0.1) is 0 Å². The zero-order valence-electron chi connectivity index (χ0n) is 17.1. The maximum absolute atomic E-state index is 12.5. The van der Waals surface area contributed by atoms with E-state index in [1.807, 2.05) is 31.2 Å². The summed E-state index contributed by atoms with van der Waals surface area (Å²) in [7, 11) is -3.65. The number of benzene rings is 3. The van der Waals surface area contributed by atoms with E-state index in [0.717, 1.165) is 12.0 Å². The van der Waals surface area contributed by atoms with Gasteiger partial charge >= 0.3 is 0 Å². The van der Waals surface area contributed by atoms with Crippen LogP contribution in [0.25, 0.3) is 0 Å². The molecule has 0 bridgehead atoms. The van der Waals surface area contributed by atoms with Crippen molar-refractivity contribution in [2.24, 2.45) is 5.10 Å². The minimum Gasteiger partial charge on any atom is -0.361 e. The number of rotatable bonds is 8. The Morgan fingerprint density at radius 3 is 2.16 bits per heavy atom. The second-order valence-corrected chi connectivity index (χ2v) is 8.89. The van der Waals surface area contributed by atoms with Gasteiger partial charge in [-0.25, -0.2) is 8.42 Å². The Kier molecular flexibility index (Phi) is 7.75. The fraction of sp³-hybridized carbons (Fsp3) is 0.130. The Balaban J connectivity index is 1.53. The molecule has 160 valence electrons. The van der Waals surface area contributed by atoms with Crippen LogP contribution in [0.1, 0.15) is 18.1 Å². The molecule has 0 saturated carbocycles. The maximum atomic E-state index is 12.5. The summed E-state index contributed by atoms with van der Waals surface area (Å²) in [5.74, 6) is 0. The van der Waals surface area contributed by atoms with Gasteiger partial charge < -0.3 is 5.32 Å². The molecule has 3 N–H and O–H groups in total. The standard InChI is InChI=1S/C23H24N4O2S2/c1-18(25-26-23(30)24-17-16-19-8-4-2-5-9-19)20-12-14-22(15-13-20)31(28,29)27-21-10-6-3-7-11-21/h2-15,27H,16-17H2,1H3,(H2,24,26,30). The molecule has 0 radical (unpaired) electrons. The fourth-order valence-corrected chi connectivity index (χ4v) is 4.01. The van der Waals surface area contributed by atoms with Gasteiger partial charge in [-0.05, 0) is 61.0 Å². The van der Waals surface area contributed by atoms with Crippen LogP contribution in [0.2, 0.25) is 0 Å².